The molecule has 1 fully saturated rings. The number of benzene rings is 1. The summed E-state index contributed by atoms with van der Waals surface area (Å²) >= 11 is 3.36. The average molecular weight is 369 g/mol. The SMILES string of the molecule is O=C(O)CCCNC(=O)C1CC(=O)N(c2cccc(Br)c2)C1. The molecule has 1 unspecified atom stereocenters. The Labute approximate surface area is 136 Å². The number of nitrogens with zero attached hydrogens (tertiary/aromatic N) is 1. The molecule has 0 saturated carbocycles. The van der Waals surface area contributed by atoms with Crippen LogP contribution in [0.1, 0.15) is 19.3 Å². The van der Waals surface area contributed by atoms with Gasteiger partial charge in [0.15, 0.2) is 0 Å². The molecule has 1 atom stereocenters. The molecule has 22 heavy (non-hydrogen) atoms. The van der Waals surface area contributed by atoms with Crippen LogP contribution in [0.5, 0.6) is 0 Å². The Morgan fingerprint density at radius 3 is 2.86 bits per heavy atom. The molecule has 1 aliphatic rings. The Morgan fingerprint density at radius 1 is 1.41 bits per heavy atom. The van der Waals surface area contributed by atoms with Crippen LogP contribution in [0.25, 0.3) is 0 Å². The fourth-order valence-electron chi connectivity index (χ4n) is 2.37. The zero-order chi connectivity index (χ0) is 16.1. The van der Waals surface area contributed by atoms with E-state index in [1.807, 2.05) is 24.3 Å². The van der Waals surface area contributed by atoms with E-state index in [0.29, 0.717) is 19.5 Å². The lowest BCUT2D eigenvalue weighted by molar-refractivity contribution is -0.137. The van der Waals surface area contributed by atoms with Crippen molar-refractivity contribution >= 4 is 39.4 Å². The van der Waals surface area contributed by atoms with E-state index in [4.69, 9.17) is 5.11 Å². The monoisotopic (exact) mass is 368 g/mol. The third-order valence-corrected chi connectivity index (χ3v) is 3.98. The quantitative estimate of drug-likeness (QED) is 0.749. The number of carbonyl (C=O) groups is 3. The smallest absolute Gasteiger partial charge is 0.303 e. The Bertz CT molecular complexity index is 591. The largest absolute Gasteiger partial charge is 0.481 e. The molecule has 1 saturated heterocycles. The van der Waals surface area contributed by atoms with E-state index < -0.39 is 11.9 Å². The van der Waals surface area contributed by atoms with Crippen molar-refractivity contribution in [2.24, 2.45) is 5.92 Å². The number of hydrogen-bond donors (Lipinski definition) is 2. The minimum atomic E-state index is -0.883. The molecule has 0 aromatic heterocycles. The van der Waals surface area contributed by atoms with Crippen molar-refractivity contribution in [2.45, 2.75) is 19.3 Å². The van der Waals surface area contributed by atoms with Crippen LogP contribution in [-0.4, -0.2) is 36.0 Å². The minimum absolute atomic E-state index is 0.0219. The molecule has 1 aromatic rings. The summed E-state index contributed by atoms with van der Waals surface area (Å²) in [4.78, 5) is 36.1. The molecule has 2 amide bonds. The predicted octanol–water partition coefficient (Wildman–Crippen LogP) is 1.78. The lowest BCUT2D eigenvalue weighted by Crippen LogP contribution is -2.33. The molecule has 0 bridgehead atoms. The van der Waals surface area contributed by atoms with Crippen LogP contribution in [0, 0.1) is 5.92 Å². The number of anilines is 1. The predicted molar refractivity (Wildman–Crippen MR) is 84.5 cm³/mol. The molecule has 6 nitrogen and oxygen atoms in total. The first-order valence-corrected chi connectivity index (χ1v) is 7.82. The summed E-state index contributed by atoms with van der Waals surface area (Å²) in [6.45, 7) is 0.659. The third kappa shape index (κ3) is 4.30. The van der Waals surface area contributed by atoms with Gasteiger partial charge >= 0.3 is 5.97 Å². The molecular weight excluding hydrogens is 352 g/mol. The first kappa shape index (κ1) is 16.5. The van der Waals surface area contributed by atoms with Gasteiger partial charge in [-0.05, 0) is 24.6 Å². The number of hydrogen-bond acceptors (Lipinski definition) is 3. The number of rotatable bonds is 6. The van der Waals surface area contributed by atoms with Crippen molar-refractivity contribution in [3.05, 3.63) is 28.7 Å². The van der Waals surface area contributed by atoms with Crippen molar-refractivity contribution in [1.82, 2.24) is 5.32 Å². The van der Waals surface area contributed by atoms with Crippen molar-refractivity contribution in [3.63, 3.8) is 0 Å². The molecule has 0 aliphatic carbocycles. The summed E-state index contributed by atoms with van der Waals surface area (Å²) < 4.78 is 0.874. The molecule has 1 aliphatic heterocycles. The van der Waals surface area contributed by atoms with Crippen molar-refractivity contribution in [2.75, 3.05) is 18.0 Å². The van der Waals surface area contributed by atoms with Crippen LogP contribution in [0.2, 0.25) is 0 Å². The van der Waals surface area contributed by atoms with E-state index in [9.17, 15) is 14.4 Å². The first-order valence-electron chi connectivity index (χ1n) is 7.03. The second-order valence-corrected chi connectivity index (χ2v) is 6.09. The highest BCUT2D eigenvalue weighted by Crippen LogP contribution is 2.27. The van der Waals surface area contributed by atoms with Gasteiger partial charge in [0.25, 0.3) is 0 Å². The maximum atomic E-state index is 12.1. The van der Waals surface area contributed by atoms with E-state index in [1.165, 1.54) is 0 Å². The molecule has 0 radical (unpaired) electrons. The fourth-order valence-corrected chi connectivity index (χ4v) is 2.76. The Morgan fingerprint density at radius 2 is 2.18 bits per heavy atom. The van der Waals surface area contributed by atoms with Gasteiger partial charge in [0.1, 0.15) is 0 Å². The summed E-state index contributed by atoms with van der Waals surface area (Å²) in [6, 6.07) is 7.38. The number of amides is 2. The maximum Gasteiger partial charge on any atom is 0.303 e. The summed E-state index contributed by atoms with van der Waals surface area (Å²) in [5, 5.41) is 11.2. The highest BCUT2D eigenvalue weighted by molar-refractivity contribution is 9.10. The third-order valence-electron chi connectivity index (χ3n) is 3.48. The van der Waals surface area contributed by atoms with Gasteiger partial charge < -0.3 is 15.3 Å². The molecule has 2 N–H and O–H groups in total. The van der Waals surface area contributed by atoms with E-state index in [2.05, 4.69) is 21.2 Å². The van der Waals surface area contributed by atoms with Gasteiger partial charge in [-0.15, -0.1) is 0 Å². The zero-order valence-electron chi connectivity index (χ0n) is 11.9. The van der Waals surface area contributed by atoms with Gasteiger partial charge in [-0.25, -0.2) is 0 Å². The van der Waals surface area contributed by atoms with Crippen LogP contribution >= 0.6 is 15.9 Å². The van der Waals surface area contributed by atoms with E-state index in [1.54, 1.807) is 4.90 Å². The van der Waals surface area contributed by atoms with Crippen LogP contribution in [0.4, 0.5) is 5.69 Å². The number of carboxylic acid groups (broad SMARTS) is 1. The van der Waals surface area contributed by atoms with E-state index >= 15 is 0 Å². The highest BCUT2D eigenvalue weighted by atomic mass is 79.9. The molecule has 1 heterocycles. The summed E-state index contributed by atoms with van der Waals surface area (Å²) in [7, 11) is 0. The van der Waals surface area contributed by atoms with Gasteiger partial charge in [-0.1, -0.05) is 22.0 Å². The van der Waals surface area contributed by atoms with Crippen molar-refractivity contribution in [3.8, 4) is 0 Å². The Balaban J connectivity index is 1.89. The van der Waals surface area contributed by atoms with Crippen LogP contribution in [0.15, 0.2) is 28.7 Å². The molecule has 2 rings (SSSR count). The topological polar surface area (TPSA) is 86.7 Å². The van der Waals surface area contributed by atoms with E-state index in [-0.39, 0.29) is 24.7 Å². The summed E-state index contributed by atoms with van der Waals surface area (Å²) in [6.07, 6.45) is 0.586. The number of nitrogens with one attached hydrogen (secondary N) is 1. The maximum absolute atomic E-state index is 12.1. The minimum Gasteiger partial charge on any atom is -0.481 e. The second-order valence-electron chi connectivity index (χ2n) is 5.17. The number of carboxylic acids is 1. The lowest BCUT2D eigenvalue weighted by atomic mass is 10.1. The van der Waals surface area contributed by atoms with Gasteiger partial charge in [0.2, 0.25) is 11.8 Å². The number of carbonyl (C=O) groups excluding carboxylic acids is 2. The van der Waals surface area contributed by atoms with Crippen molar-refractivity contribution in [1.29, 1.82) is 0 Å². The van der Waals surface area contributed by atoms with E-state index in [0.717, 1.165) is 10.2 Å². The van der Waals surface area contributed by atoms with Crippen LogP contribution in [0.3, 0.4) is 0 Å². The van der Waals surface area contributed by atoms with Gasteiger partial charge in [0.05, 0.1) is 5.92 Å². The number of aliphatic carboxylic acids is 1. The summed E-state index contributed by atoms with van der Waals surface area (Å²) in [5.41, 5.74) is 0.764. The molecule has 7 heteroatoms. The van der Waals surface area contributed by atoms with Gasteiger partial charge in [-0.2, -0.15) is 0 Å². The van der Waals surface area contributed by atoms with Gasteiger partial charge in [0, 0.05) is 36.1 Å². The standard InChI is InChI=1S/C15H17BrN2O4/c16-11-3-1-4-12(8-11)18-9-10(7-13(18)19)15(22)17-6-2-5-14(20)21/h1,3-4,8,10H,2,5-7,9H2,(H,17,22)(H,20,21). The molecule has 0 spiro atoms. The Hall–Kier alpha value is -1.89. The zero-order valence-corrected chi connectivity index (χ0v) is 13.5. The van der Waals surface area contributed by atoms with Gasteiger partial charge in [-0.3, -0.25) is 14.4 Å². The molecular formula is C15H17BrN2O4. The first-order chi connectivity index (χ1) is 10.5. The highest BCUT2D eigenvalue weighted by Gasteiger charge is 2.34. The molecule has 1 aromatic carbocycles. The molecule has 118 valence electrons. The Kier molecular flexibility index (Phi) is 5.54. The summed E-state index contributed by atoms with van der Waals surface area (Å²) in [5.74, 6) is -1.55. The van der Waals surface area contributed by atoms with Crippen molar-refractivity contribution < 1.29 is 19.5 Å². The average Bonchev–Trinajstić information content (AvgIpc) is 2.85. The van der Waals surface area contributed by atoms with Crippen LogP contribution in [-0.2, 0) is 14.4 Å². The van der Waals surface area contributed by atoms with Crippen LogP contribution < -0.4 is 10.2 Å². The second kappa shape index (κ2) is 7.40. The fraction of sp³-hybridized carbons (Fsp3) is 0.400. The number of halogens is 1. The normalized spacial score (nSPS) is 17.6. The lowest BCUT2D eigenvalue weighted by Gasteiger charge is -2.17.